The highest BCUT2D eigenvalue weighted by Gasteiger charge is 2.17. The van der Waals surface area contributed by atoms with Crippen LogP contribution >= 0.6 is 0 Å². The molecule has 7 heteroatoms. The van der Waals surface area contributed by atoms with Gasteiger partial charge in [-0.05, 0) is 42.1 Å². The third-order valence-electron chi connectivity index (χ3n) is 5.02. The smallest absolute Gasteiger partial charge is 0.246 e. The van der Waals surface area contributed by atoms with Crippen molar-refractivity contribution in [3.63, 3.8) is 0 Å². The van der Waals surface area contributed by atoms with Crippen LogP contribution < -0.4 is 5.32 Å². The second kappa shape index (κ2) is 7.19. The Labute approximate surface area is 162 Å². The monoisotopic (exact) mass is 374 g/mol. The molecule has 3 N–H and O–H groups in total. The molecular weight excluding hydrogens is 352 g/mol. The predicted octanol–water partition coefficient (Wildman–Crippen LogP) is 3.71. The zero-order valence-electron chi connectivity index (χ0n) is 16.0. The van der Waals surface area contributed by atoms with Gasteiger partial charge >= 0.3 is 0 Å². The van der Waals surface area contributed by atoms with Crippen LogP contribution in [0.1, 0.15) is 24.2 Å². The minimum atomic E-state index is -0.0766. The number of pyridine rings is 1. The molecule has 1 amide bonds. The molecule has 0 aliphatic carbocycles. The summed E-state index contributed by atoms with van der Waals surface area (Å²) in [5.41, 5.74) is 3.62. The number of aromatic nitrogens is 4. The van der Waals surface area contributed by atoms with Crippen molar-refractivity contribution >= 4 is 39.7 Å². The second-order valence-corrected chi connectivity index (χ2v) is 6.76. The van der Waals surface area contributed by atoms with E-state index in [-0.39, 0.29) is 11.9 Å². The van der Waals surface area contributed by atoms with Crippen LogP contribution in [0.3, 0.4) is 0 Å². The molecule has 28 heavy (non-hydrogen) atoms. The number of nitrogens with one attached hydrogen (secondary N) is 3. The number of benzene rings is 1. The van der Waals surface area contributed by atoms with E-state index in [9.17, 15) is 4.79 Å². The van der Waals surface area contributed by atoms with E-state index in [0.29, 0.717) is 5.65 Å². The number of rotatable bonds is 5. The Bertz CT molecular complexity index is 1140. The number of hydrogen-bond acceptors (Lipinski definition) is 4. The lowest BCUT2D eigenvalue weighted by molar-refractivity contribution is -0.126. The molecule has 0 aliphatic heterocycles. The topological polar surface area (TPSA) is 89.7 Å². The van der Waals surface area contributed by atoms with Crippen LogP contribution in [0.2, 0.25) is 0 Å². The number of H-pyrrole nitrogens is 2. The van der Waals surface area contributed by atoms with Gasteiger partial charge in [0.05, 0.1) is 11.4 Å². The summed E-state index contributed by atoms with van der Waals surface area (Å²) in [7, 11) is 3.61. The number of carbonyl (C=O) groups is 1. The number of para-hydroxylation sites is 1. The second-order valence-electron chi connectivity index (χ2n) is 6.76. The summed E-state index contributed by atoms with van der Waals surface area (Å²) in [6.07, 6.45) is 5.06. The first-order valence-electron chi connectivity index (χ1n) is 9.11. The van der Waals surface area contributed by atoms with Crippen molar-refractivity contribution in [2.75, 3.05) is 19.4 Å². The van der Waals surface area contributed by atoms with Gasteiger partial charge < -0.3 is 15.2 Å². The van der Waals surface area contributed by atoms with Gasteiger partial charge in [0.2, 0.25) is 5.91 Å². The van der Waals surface area contributed by atoms with Crippen molar-refractivity contribution < 1.29 is 4.79 Å². The molecule has 1 aromatic carbocycles. The summed E-state index contributed by atoms with van der Waals surface area (Å²) in [6, 6.07) is 12.1. The quantitative estimate of drug-likeness (QED) is 0.465. The van der Waals surface area contributed by atoms with E-state index in [1.165, 1.54) is 0 Å². The summed E-state index contributed by atoms with van der Waals surface area (Å²) >= 11 is 0. The van der Waals surface area contributed by atoms with Gasteiger partial charge in [-0.15, -0.1) is 0 Å². The normalized spacial score (nSPS) is 12.7. The third-order valence-corrected chi connectivity index (χ3v) is 5.02. The van der Waals surface area contributed by atoms with Gasteiger partial charge in [-0.3, -0.25) is 9.89 Å². The van der Waals surface area contributed by atoms with Crippen LogP contribution in [0.4, 0.5) is 5.82 Å². The summed E-state index contributed by atoms with van der Waals surface area (Å²) in [5.74, 6) is 0.654. The molecule has 3 aromatic heterocycles. The molecule has 0 saturated carbocycles. The molecule has 0 spiro atoms. The van der Waals surface area contributed by atoms with Crippen molar-refractivity contribution in [2.24, 2.45) is 0 Å². The van der Waals surface area contributed by atoms with Crippen LogP contribution in [-0.2, 0) is 4.79 Å². The summed E-state index contributed by atoms with van der Waals surface area (Å²) < 4.78 is 0. The van der Waals surface area contributed by atoms with Crippen LogP contribution in [0.5, 0.6) is 0 Å². The number of carbonyl (C=O) groups excluding carboxylic acids is 1. The number of fused-ring (bicyclic) bond motifs is 2. The maximum absolute atomic E-state index is 12.7. The van der Waals surface area contributed by atoms with Crippen LogP contribution in [0, 0.1) is 0 Å². The lowest BCUT2D eigenvalue weighted by atomic mass is 10.2. The van der Waals surface area contributed by atoms with Crippen molar-refractivity contribution in [1.29, 1.82) is 0 Å². The standard InChI is InChI=1S/C21H22N6O/c1-13(18-11-15-6-4-5-7-17(15)24-18)27(3)19(28)9-8-14-10-16-20(22-2)25-26-21(16)23-12-14/h4-13,24H,1-3H3,(H2,22,23,25,26). The fourth-order valence-corrected chi connectivity index (χ4v) is 3.21. The third kappa shape index (κ3) is 3.22. The zero-order chi connectivity index (χ0) is 19.7. The van der Waals surface area contributed by atoms with Crippen LogP contribution in [0.25, 0.3) is 28.0 Å². The first-order valence-corrected chi connectivity index (χ1v) is 9.11. The molecular formula is C21H22N6O. The number of aromatic amines is 2. The van der Waals surface area contributed by atoms with Crippen molar-refractivity contribution in [1.82, 2.24) is 25.1 Å². The van der Waals surface area contributed by atoms with E-state index in [0.717, 1.165) is 33.4 Å². The zero-order valence-corrected chi connectivity index (χ0v) is 16.0. The maximum Gasteiger partial charge on any atom is 0.246 e. The lowest BCUT2D eigenvalue weighted by Gasteiger charge is -2.22. The van der Waals surface area contributed by atoms with E-state index in [2.05, 4.69) is 37.6 Å². The molecule has 4 aromatic rings. The molecule has 4 rings (SSSR count). The molecule has 1 atom stereocenters. The molecule has 7 nitrogen and oxygen atoms in total. The molecule has 0 radical (unpaired) electrons. The largest absolute Gasteiger partial charge is 0.371 e. The number of amides is 1. The molecule has 0 fully saturated rings. The van der Waals surface area contributed by atoms with E-state index in [1.54, 1.807) is 30.3 Å². The Morgan fingerprint density at radius 1 is 1.29 bits per heavy atom. The van der Waals surface area contributed by atoms with Gasteiger partial charge in [-0.25, -0.2) is 4.98 Å². The molecule has 0 saturated heterocycles. The van der Waals surface area contributed by atoms with Gasteiger partial charge in [0.15, 0.2) is 11.5 Å². The Morgan fingerprint density at radius 2 is 2.11 bits per heavy atom. The lowest BCUT2D eigenvalue weighted by Crippen LogP contribution is -2.28. The van der Waals surface area contributed by atoms with Gasteiger partial charge in [0, 0.05) is 37.6 Å². The van der Waals surface area contributed by atoms with Crippen molar-refractivity contribution in [3.05, 3.63) is 59.9 Å². The summed E-state index contributed by atoms with van der Waals surface area (Å²) in [5, 5.41) is 12.1. The number of likely N-dealkylation sites (N-methyl/N-ethyl adjacent to an activating group) is 1. The van der Waals surface area contributed by atoms with E-state index < -0.39 is 0 Å². The summed E-state index contributed by atoms with van der Waals surface area (Å²) in [4.78, 5) is 22.1. The first-order chi connectivity index (χ1) is 13.6. The molecule has 0 bridgehead atoms. The Balaban J connectivity index is 1.51. The fraction of sp³-hybridized carbons (Fsp3) is 0.190. The van der Waals surface area contributed by atoms with Gasteiger partial charge in [-0.1, -0.05) is 18.2 Å². The Hall–Kier alpha value is -3.61. The van der Waals surface area contributed by atoms with Crippen LogP contribution in [0.15, 0.2) is 48.7 Å². The van der Waals surface area contributed by atoms with E-state index in [4.69, 9.17) is 0 Å². The van der Waals surface area contributed by atoms with Crippen LogP contribution in [-0.4, -0.2) is 45.1 Å². The van der Waals surface area contributed by atoms with Gasteiger partial charge in [0.25, 0.3) is 0 Å². The van der Waals surface area contributed by atoms with Crippen molar-refractivity contribution in [2.45, 2.75) is 13.0 Å². The average molecular weight is 374 g/mol. The average Bonchev–Trinajstić information content (AvgIpc) is 3.34. The van der Waals surface area contributed by atoms with Gasteiger partial charge in [0.1, 0.15) is 0 Å². The maximum atomic E-state index is 12.7. The predicted molar refractivity (Wildman–Crippen MR) is 112 cm³/mol. The highest BCUT2D eigenvalue weighted by Crippen LogP contribution is 2.24. The fourth-order valence-electron chi connectivity index (χ4n) is 3.21. The highest BCUT2D eigenvalue weighted by molar-refractivity contribution is 5.93. The number of hydrogen-bond donors (Lipinski definition) is 3. The Kier molecular flexibility index (Phi) is 4.57. The minimum absolute atomic E-state index is 0.0741. The minimum Gasteiger partial charge on any atom is -0.371 e. The van der Waals surface area contributed by atoms with Gasteiger partial charge in [-0.2, -0.15) is 5.10 Å². The Morgan fingerprint density at radius 3 is 2.89 bits per heavy atom. The molecule has 142 valence electrons. The number of nitrogens with zero attached hydrogens (tertiary/aromatic N) is 3. The van der Waals surface area contributed by atoms with E-state index >= 15 is 0 Å². The molecule has 3 heterocycles. The number of anilines is 1. The molecule has 1 unspecified atom stereocenters. The first kappa shape index (κ1) is 17.8. The SMILES string of the molecule is CNc1n[nH]c2ncc(C=CC(=O)N(C)C(C)c3cc4ccccc4[nH]3)cc12. The molecule has 0 aliphatic rings. The van der Waals surface area contributed by atoms with Crippen molar-refractivity contribution in [3.8, 4) is 0 Å². The van der Waals surface area contributed by atoms with E-state index in [1.807, 2.05) is 38.2 Å². The summed E-state index contributed by atoms with van der Waals surface area (Å²) in [6.45, 7) is 2.01. The highest BCUT2D eigenvalue weighted by atomic mass is 16.2.